The van der Waals surface area contributed by atoms with Crippen LogP contribution in [0.25, 0.3) is 5.82 Å². The number of carbonyl (C=O) groups is 1. The van der Waals surface area contributed by atoms with E-state index in [1.54, 1.807) is 62.6 Å². The molecule has 0 unspecified atom stereocenters. The first-order valence-electron chi connectivity index (χ1n) is 8.14. The van der Waals surface area contributed by atoms with Crippen molar-refractivity contribution in [1.29, 1.82) is 0 Å². The summed E-state index contributed by atoms with van der Waals surface area (Å²) < 4.78 is 1.16. The van der Waals surface area contributed by atoms with Crippen LogP contribution >= 0.6 is 0 Å². The predicted octanol–water partition coefficient (Wildman–Crippen LogP) is -1.46. The molecule has 28 heavy (non-hydrogen) atoms. The van der Waals surface area contributed by atoms with E-state index in [1.165, 1.54) is 0 Å². The van der Waals surface area contributed by atoms with Crippen LogP contribution in [0.3, 0.4) is 0 Å². The van der Waals surface area contributed by atoms with Crippen LogP contribution in [0.5, 0.6) is 5.88 Å². The van der Waals surface area contributed by atoms with Crippen molar-refractivity contribution in [2.75, 3.05) is 5.01 Å². The topological polar surface area (TPSA) is 112 Å². The molecule has 0 aliphatic carbocycles. The van der Waals surface area contributed by atoms with Gasteiger partial charge in [-0.3, -0.25) is 4.79 Å². The second-order valence-corrected chi connectivity index (χ2v) is 5.79. The third kappa shape index (κ3) is 3.69. The van der Waals surface area contributed by atoms with E-state index in [1.807, 2.05) is 0 Å². The van der Waals surface area contributed by atoms with Gasteiger partial charge in [0, 0.05) is 18.3 Å². The van der Waals surface area contributed by atoms with Gasteiger partial charge in [-0.25, -0.2) is 19.6 Å². The number of aromatic nitrogens is 4. The molecule has 0 aromatic carbocycles. The van der Waals surface area contributed by atoms with Crippen LogP contribution in [0, 0.1) is 6.92 Å². The maximum Gasteiger partial charge on any atom is 1.00 e. The Labute approximate surface area is 203 Å². The summed E-state index contributed by atoms with van der Waals surface area (Å²) in [6, 6.07) is 10.3. The Morgan fingerprint density at radius 3 is 2.25 bits per heavy atom. The average Bonchev–Trinajstić information content (AvgIpc) is 3.14. The largest absolute Gasteiger partial charge is 1.00 e. The zero-order valence-corrected chi connectivity index (χ0v) is 18.7. The van der Waals surface area contributed by atoms with E-state index in [4.69, 9.17) is 0 Å². The van der Waals surface area contributed by atoms with Crippen molar-refractivity contribution in [2.45, 2.75) is 13.8 Å². The minimum atomic E-state index is -0.449. The van der Waals surface area contributed by atoms with Gasteiger partial charge in [0.05, 0.1) is 17.1 Å². The number of rotatable bonds is 3. The summed E-state index contributed by atoms with van der Waals surface area (Å²) in [5.41, 5.74) is 0.966. The molecule has 3 aromatic rings. The first-order chi connectivity index (χ1) is 13.1. The van der Waals surface area contributed by atoms with Crippen molar-refractivity contribution in [3.8, 4) is 11.7 Å². The molecule has 0 radical (unpaired) electrons. The van der Waals surface area contributed by atoms with Gasteiger partial charge < -0.3 is 5.11 Å². The molecule has 0 bridgehead atoms. The number of aliphatic imine (C=N–C) groups is 1. The average molecular weight is 399 g/mol. The van der Waals surface area contributed by atoms with Crippen molar-refractivity contribution in [2.24, 2.45) is 10.1 Å². The van der Waals surface area contributed by atoms with Crippen LogP contribution in [-0.2, 0) is 4.79 Å². The van der Waals surface area contributed by atoms with Gasteiger partial charge in [0.2, 0.25) is 0 Å². The Morgan fingerprint density at radius 1 is 1.00 bits per heavy atom. The Bertz CT molecular complexity index is 1080. The van der Waals surface area contributed by atoms with Crippen molar-refractivity contribution < 1.29 is 61.3 Å². The van der Waals surface area contributed by atoms with E-state index in [0.717, 1.165) is 9.69 Å². The molecule has 0 spiro atoms. The van der Waals surface area contributed by atoms with Crippen LogP contribution in [0.2, 0.25) is 0 Å². The second kappa shape index (κ2) is 8.41. The number of hydrogen-bond acceptors (Lipinski definition) is 7. The summed E-state index contributed by atoms with van der Waals surface area (Å²) in [5, 5.41) is 22.3. The number of pyridine rings is 2. The van der Waals surface area contributed by atoms with Gasteiger partial charge in [-0.1, -0.05) is 12.1 Å². The maximum atomic E-state index is 12.7. The van der Waals surface area contributed by atoms with E-state index >= 15 is 0 Å². The van der Waals surface area contributed by atoms with Gasteiger partial charge >= 0.3 is 57.3 Å². The van der Waals surface area contributed by atoms with E-state index < -0.39 is 11.8 Å². The van der Waals surface area contributed by atoms with Gasteiger partial charge in [0.25, 0.3) is 0 Å². The zero-order chi connectivity index (χ0) is 19.0. The van der Waals surface area contributed by atoms with Crippen molar-refractivity contribution in [3.05, 3.63) is 54.5 Å². The Kier molecular flexibility index (Phi) is 6.16. The molecule has 134 valence electrons. The molecule has 0 atom stereocenters. The van der Waals surface area contributed by atoms with E-state index in [-0.39, 0.29) is 62.8 Å². The number of amides is 1. The fraction of sp³-hybridized carbons (Fsp3) is 0.111. The standard InChI is InChI=1S/C18H15N7O2.K/c1-11-15(17(26)24(22-11)13-7-3-5-9-19-13)21-16-12(2)23-25(18(16)27)14-8-4-6-10-20-14;/h3-10,26H,1-2H3;/q;+1/p-1. The molecular weight excluding hydrogens is 385 g/mol. The fourth-order valence-corrected chi connectivity index (χ4v) is 2.63. The molecule has 4 heterocycles. The first kappa shape index (κ1) is 20.5. The molecule has 1 aliphatic heterocycles. The third-order valence-electron chi connectivity index (χ3n) is 3.93. The summed E-state index contributed by atoms with van der Waals surface area (Å²) in [6.45, 7) is 3.31. The molecule has 3 aromatic heterocycles. The minimum Gasteiger partial charge on any atom is -0.857 e. The molecular formula is C18H14KN7O2. The number of hydrogen-bond donors (Lipinski definition) is 0. The van der Waals surface area contributed by atoms with Gasteiger partial charge in [-0.2, -0.15) is 15.2 Å². The number of nitrogens with zero attached hydrogens (tertiary/aromatic N) is 7. The molecule has 0 saturated carbocycles. The number of aryl methyl sites for hydroxylation is 1. The molecule has 0 fully saturated rings. The Balaban J connectivity index is 0.00000225. The number of anilines is 1. The smallest absolute Gasteiger partial charge is 0.857 e. The van der Waals surface area contributed by atoms with Crippen LogP contribution in [-0.4, -0.2) is 37.1 Å². The maximum absolute atomic E-state index is 12.7. The Morgan fingerprint density at radius 2 is 1.64 bits per heavy atom. The molecule has 4 rings (SSSR count). The molecule has 10 heteroatoms. The van der Waals surface area contributed by atoms with Crippen LogP contribution < -0.4 is 61.5 Å². The normalized spacial score (nSPS) is 14.9. The summed E-state index contributed by atoms with van der Waals surface area (Å²) in [4.78, 5) is 25.2. The summed E-state index contributed by atoms with van der Waals surface area (Å²) in [7, 11) is 0. The summed E-state index contributed by atoms with van der Waals surface area (Å²) in [5.74, 6) is -0.128. The second-order valence-electron chi connectivity index (χ2n) is 5.79. The van der Waals surface area contributed by atoms with E-state index in [0.29, 0.717) is 23.0 Å². The van der Waals surface area contributed by atoms with Crippen LogP contribution in [0.4, 0.5) is 11.5 Å². The van der Waals surface area contributed by atoms with Gasteiger partial charge in [-0.15, -0.1) is 0 Å². The molecule has 0 saturated heterocycles. The monoisotopic (exact) mass is 399 g/mol. The fourth-order valence-electron chi connectivity index (χ4n) is 2.63. The molecule has 0 N–H and O–H groups in total. The minimum absolute atomic E-state index is 0. The van der Waals surface area contributed by atoms with Gasteiger partial charge in [-0.05, 0) is 38.1 Å². The van der Waals surface area contributed by atoms with Gasteiger partial charge in [0.15, 0.2) is 17.3 Å². The quantitative estimate of drug-likeness (QED) is 0.500. The summed E-state index contributed by atoms with van der Waals surface area (Å²) >= 11 is 0. The van der Waals surface area contributed by atoms with Gasteiger partial charge in [0.1, 0.15) is 0 Å². The molecule has 1 amide bonds. The number of carbonyl (C=O) groups excluding carboxylic acids is 1. The third-order valence-corrected chi connectivity index (χ3v) is 3.93. The SMILES string of the molecule is CC1=NN(c2ccccn2)C(=O)C1=Nc1c(C)nn(-c2ccccn2)c1[O-].[K+]. The van der Waals surface area contributed by atoms with Crippen LogP contribution in [0.1, 0.15) is 12.6 Å². The Hall–Kier alpha value is -2.24. The number of hydrazone groups is 1. The first-order valence-corrected chi connectivity index (χ1v) is 8.14. The van der Waals surface area contributed by atoms with Crippen molar-refractivity contribution in [3.63, 3.8) is 0 Å². The van der Waals surface area contributed by atoms with Crippen LogP contribution in [0.15, 0.2) is 58.9 Å². The molecule has 9 nitrogen and oxygen atoms in total. The van der Waals surface area contributed by atoms with Crippen molar-refractivity contribution >= 4 is 28.8 Å². The molecule has 1 aliphatic rings. The van der Waals surface area contributed by atoms with E-state index in [2.05, 4.69) is 25.2 Å². The van der Waals surface area contributed by atoms with Crippen molar-refractivity contribution in [1.82, 2.24) is 19.7 Å². The van der Waals surface area contributed by atoms with E-state index in [9.17, 15) is 9.90 Å². The summed E-state index contributed by atoms with van der Waals surface area (Å²) in [6.07, 6.45) is 3.14. The predicted molar refractivity (Wildman–Crippen MR) is 97.5 cm³/mol. The zero-order valence-electron chi connectivity index (χ0n) is 15.6.